The normalized spacial score (nSPS) is 17.8. The number of nitrogens with zero attached hydrogens (tertiary/aromatic N) is 4. The van der Waals surface area contributed by atoms with Gasteiger partial charge in [0.15, 0.2) is 0 Å². The van der Waals surface area contributed by atoms with Crippen molar-refractivity contribution in [1.82, 2.24) is 25.3 Å². The Hall–Kier alpha value is -0.270. The number of aromatic nitrogens is 2. The Labute approximate surface area is 111 Å². The zero-order chi connectivity index (χ0) is 12.1. The third-order valence-electron chi connectivity index (χ3n) is 2.85. The van der Waals surface area contributed by atoms with Crippen LogP contribution in [-0.4, -0.2) is 66.3 Å². The molecule has 0 aliphatic carbocycles. The molecule has 1 saturated heterocycles. The van der Waals surface area contributed by atoms with Gasteiger partial charge in [-0.3, -0.25) is 9.80 Å². The number of hydrogen-bond acceptors (Lipinski definition) is 6. The van der Waals surface area contributed by atoms with Crippen molar-refractivity contribution < 1.29 is 0 Å². The third-order valence-corrected chi connectivity index (χ3v) is 3.86. The van der Waals surface area contributed by atoms with Crippen molar-refractivity contribution >= 4 is 22.9 Å². The molecule has 0 unspecified atom stereocenters. The second-order valence-electron chi connectivity index (χ2n) is 4.28. The molecule has 0 aromatic carbocycles. The van der Waals surface area contributed by atoms with Crippen molar-refractivity contribution in [3.05, 3.63) is 9.47 Å². The molecule has 1 fully saturated rings. The van der Waals surface area contributed by atoms with Gasteiger partial charge in [0.05, 0.1) is 6.54 Å². The molecule has 5 nitrogen and oxygen atoms in total. The molecule has 1 aromatic rings. The second kappa shape index (κ2) is 6.61. The quantitative estimate of drug-likeness (QED) is 0.849. The number of halogens is 1. The molecule has 7 heteroatoms. The number of nitrogens with one attached hydrogen (secondary N) is 1. The Bertz CT molecular complexity index is 339. The van der Waals surface area contributed by atoms with E-state index in [1.807, 2.05) is 0 Å². The first-order chi connectivity index (χ1) is 8.24. The van der Waals surface area contributed by atoms with Crippen LogP contribution in [0.4, 0.5) is 0 Å². The highest BCUT2D eigenvalue weighted by molar-refractivity contribution is 7.15. The van der Waals surface area contributed by atoms with E-state index < -0.39 is 0 Å². The maximum atomic E-state index is 5.75. The summed E-state index contributed by atoms with van der Waals surface area (Å²) in [5, 5.41) is 12.2. The molecule has 0 spiro atoms. The molecule has 2 heterocycles. The van der Waals surface area contributed by atoms with E-state index in [1.165, 1.54) is 11.3 Å². The van der Waals surface area contributed by atoms with E-state index in [9.17, 15) is 0 Å². The summed E-state index contributed by atoms with van der Waals surface area (Å²) >= 11 is 7.21. The highest BCUT2D eigenvalue weighted by atomic mass is 35.5. The monoisotopic (exact) mass is 275 g/mol. The largest absolute Gasteiger partial charge is 0.314 e. The van der Waals surface area contributed by atoms with Crippen LogP contribution in [0.2, 0.25) is 4.47 Å². The van der Waals surface area contributed by atoms with Crippen LogP contribution < -0.4 is 5.32 Å². The molecule has 0 radical (unpaired) electrons. The molecular formula is C10H18ClN5S. The number of piperazine rings is 1. The molecule has 0 atom stereocenters. The van der Waals surface area contributed by atoms with E-state index in [2.05, 4.69) is 32.4 Å². The third kappa shape index (κ3) is 4.48. The average Bonchev–Trinajstić information content (AvgIpc) is 2.73. The van der Waals surface area contributed by atoms with E-state index in [0.717, 1.165) is 50.8 Å². The zero-order valence-electron chi connectivity index (χ0n) is 10.0. The summed E-state index contributed by atoms with van der Waals surface area (Å²) in [4.78, 5) is 4.75. The van der Waals surface area contributed by atoms with Gasteiger partial charge in [-0.2, -0.15) is 0 Å². The van der Waals surface area contributed by atoms with Crippen LogP contribution >= 0.6 is 22.9 Å². The van der Waals surface area contributed by atoms with Crippen molar-refractivity contribution in [1.29, 1.82) is 0 Å². The Kier molecular flexibility index (Phi) is 5.12. The lowest BCUT2D eigenvalue weighted by Crippen LogP contribution is -2.45. The SMILES string of the molecule is CN(CCN1CCNCC1)Cc1nnc(Cl)s1. The van der Waals surface area contributed by atoms with Gasteiger partial charge in [-0.25, -0.2) is 0 Å². The molecule has 96 valence electrons. The summed E-state index contributed by atoms with van der Waals surface area (Å²) in [6, 6.07) is 0. The molecule has 0 saturated carbocycles. The number of rotatable bonds is 5. The Morgan fingerprint density at radius 3 is 2.82 bits per heavy atom. The van der Waals surface area contributed by atoms with Gasteiger partial charge in [-0.15, -0.1) is 10.2 Å². The molecule has 2 rings (SSSR count). The van der Waals surface area contributed by atoms with E-state index in [1.54, 1.807) is 0 Å². The standard InChI is InChI=1S/C10H18ClN5S/c1-15(8-9-13-14-10(11)17-9)6-7-16-4-2-12-3-5-16/h12H,2-8H2,1H3. The summed E-state index contributed by atoms with van der Waals surface area (Å²) in [5.74, 6) is 0. The summed E-state index contributed by atoms with van der Waals surface area (Å²) in [7, 11) is 2.11. The fourth-order valence-electron chi connectivity index (χ4n) is 1.85. The molecule has 1 aromatic heterocycles. The molecular weight excluding hydrogens is 258 g/mol. The Morgan fingerprint density at radius 2 is 2.18 bits per heavy atom. The van der Waals surface area contributed by atoms with E-state index >= 15 is 0 Å². The lowest BCUT2D eigenvalue weighted by Gasteiger charge is -2.28. The lowest BCUT2D eigenvalue weighted by atomic mass is 10.3. The summed E-state index contributed by atoms with van der Waals surface area (Å²) in [6.07, 6.45) is 0. The van der Waals surface area contributed by atoms with Gasteiger partial charge < -0.3 is 5.32 Å². The van der Waals surface area contributed by atoms with Crippen LogP contribution in [0.3, 0.4) is 0 Å². The molecule has 17 heavy (non-hydrogen) atoms. The molecule has 0 amide bonds. The van der Waals surface area contributed by atoms with Gasteiger partial charge in [-0.1, -0.05) is 11.3 Å². The minimum absolute atomic E-state index is 0.524. The van der Waals surface area contributed by atoms with Gasteiger partial charge in [0.2, 0.25) is 4.47 Å². The number of likely N-dealkylation sites (N-methyl/N-ethyl adjacent to an activating group) is 1. The van der Waals surface area contributed by atoms with Crippen molar-refractivity contribution in [3.8, 4) is 0 Å². The van der Waals surface area contributed by atoms with Crippen LogP contribution in [-0.2, 0) is 6.54 Å². The smallest absolute Gasteiger partial charge is 0.207 e. The summed E-state index contributed by atoms with van der Waals surface area (Å²) in [6.45, 7) is 7.51. The number of hydrogen-bond donors (Lipinski definition) is 1. The zero-order valence-corrected chi connectivity index (χ0v) is 11.6. The molecule has 1 aliphatic rings. The lowest BCUT2D eigenvalue weighted by molar-refractivity contribution is 0.202. The van der Waals surface area contributed by atoms with Crippen LogP contribution in [0.5, 0.6) is 0 Å². The first-order valence-electron chi connectivity index (χ1n) is 5.83. The highest BCUT2D eigenvalue weighted by Gasteiger charge is 2.11. The van der Waals surface area contributed by atoms with Crippen molar-refractivity contribution in [2.75, 3.05) is 46.3 Å². The van der Waals surface area contributed by atoms with Crippen molar-refractivity contribution in [2.45, 2.75) is 6.54 Å². The fraction of sp³-hybridized carbons (Fsp3) is 0.800. The second-order valence-corrected chi connectivity index (χ2v) is 5.92. The molecule has 1 aliphatic heterocycles. The van der Waals surface area contributed by atoms with Gasteiger partial charge in [-0.05, 0) is 18.6 Å². The van der Waals surface area contributed by atoms with Crippen LogP contribution in [0, 0.1) is 0 Å². The van der Waals surface area contributed by atoms with Crippen molar-refractivity contribution in [3.63, 3.8) is 0 Å². The van der Waals surface area contributed by atoms with Crippen molar-refractivity contribution in [2.24, 2.45) is 0 Å². The highest BCUT2D eigenvalue weighted by Crippen LogP contribution is 2.15. The maximum Gasteiger partial charge on any atom is 0.207 e. The first kappa shape index (κ1) is 13.2. The topological polar surface area (TPSA) is 44.3 Å². The average molecular weight is 276 g/mol. The van der Waals surface area contributed by atoms with Gasteiger partial charge in [0.1, 0.15) is 5.01 Å². The minimum atomic E-state index is 0.524. The predicted molar refractivity (Wildman–Crippen MR) is 70.6 cm³/mol. The Balaban J connectivity index is 1.68. The predicted octanol–water partition coefficient (Wildman–Crippen LogP) is 0.528. The summed E-state index contributed by atoms with van der Waals surface area (Å²) < 4.78 is 0.524. The van der Waals surface area contributed by atoms with E-state index in [4.69, 9.17) is 11.6 Å². The van der Waals surface area contributed by atoms with E-state index in [-0.39, 0.29) is 0 Å². The van der Waals surface area contributed by atoms with Crippen LogP contribution in [0.15, 0.2) is 0 Å². The first-order valence-corrected chi connectivity index (χ1v) is 7.03. The van der Waals surface area contributed by atoms with Gasteiger partial charge >= 0.3 is 0 Å². The molecule has 0 bridgehead atoms. The fourth-order valence-corrected chi connectivity index (χ4v) is 2.80. The van der Waals surface area contributed by atoms with Gasteiger partial charge in [0.25, 0.3) is 0 Å². The van der Waals surface area contributed by atoms with Crippen LogP contribution in [0.1, 0.15) is 5.01 Å². The molecule has 1 N–H and O–H groups in total. The minimum Gasteiger partial charge on any atom is -0.314 e. The van der Waals surface area contributed by atoms with E-state index in [0.29, 0.717) is 4.47 Å². The Morgan fingerprint density at radius 1 is 1.41 bits per heavy atom. The maximum absolute atomic E-state index is 5.75. The van der Waals surface area contributed by atoms with Crippen LogP contribution in [0.25, 0.3) is 0 Å². The van der Waals surface area contributed by atoms with Gasteiger partial charge in [0, 0.05) is 39.3 Å². The summed E-state index contributed by atoms with van der Waals surface area (Å²) in [5.41, 5.74) is 0.